The van der Waals surface area contributed by atoms with Crippen LogP contribution in [0.4, 0.5) is 4.79 Å². The summed E-state index contributed by atoms with van der Waals surface area (Å²) in [5.74, 6) is 0.0655. The van der Waals surface area contributed by atoms with Crippen LogP contribution in [0.3, 0.4) is 0 Å². The maximum absolute atomic E-state index is 11.5. The molecule has 1 aliphatic heterocycles. The summed E-state index contributed by atoms with van der Waals surface area (Å²) in [5.41, 5.74) is 0.944. The number of nitrogens with one attached hydrogen (secondary N) is 2. The summed E-state index contributed by atoms with van der Waals surface area (Å²) in [6, 6.07) is 9.49. The summed E-state index contributed by atoms with van der Waals surface area (Å²) in [6.45, 7) is 3.02. The second-order valence-corrected chi connectivity index (χ2v) is 4.55. The minimum atomic E-state index is -0.462. The number of rotatable bonds is 5. The monoisotopic (exact) mass is 277 g/mol. The van der Waals surface area contributed by atoms with Crippen molar-refractivity contribution in [3.63, 3.8) is 0 Å². The van der Waals surface area contributed by atoms with Crippen LogP contribution < -0.4 is 10.6 Å². The standard InChI is InChI=1S/C14H19N3O3/c18-13-10-15-6-8-17(13)9-7-16-14(19)20-11-12-4-2-1-3-5-12/h1-5,15H,6-11H2,(H,16,19). The minimum absolute atomic E-state index is 0.0655. The molecule has 0 radical (unpaired) electrons. The second-order valence-electron chi connectivity index (χ2n) is 4.55. The van der Waals surface area contributed by atoms with Crippen molar-refractivity contribution in [3.8, 4) is 0 Å². The Hall–Kier alpha value is -2.08. The van der Waals surface area contributed by atoms with Crippen molar-refractivity contribution in [1.29, 1.82) is 0 Å². The van der Waals surface area contributed by atoms with Crippen LogP contribution in [-0.2, 0) is 16.1 Å². The summed E-state index contributed by atoms with van der Waals surface area (Å²) in [7, 11) is 0. The number of carbonyl (C=O) groups excluding carboxylic acids is 2. The number of nitrogens with zero attached hydrogens (tertiary/aromatic N) is 1. The van der Waals surface area contributed by atoms with Crippen LogP contribution in [0.15, 0.2) is 30.3 Å². The number of carbonyl (C=O) groups is 2. The van der Waals surface area contributed by atoms with Crippen LogP contribution in [0.5, 0.6) is 0 Å². The average Bonchev–Trinajstić information content (AvgIpc) is 2.48. The summed E-state index contributed by atoms with van der Waals surface area (Å²) in [5, 5.41) is 5.64. The first-order chi connectivity index (χ1) is 9.75. The molecule has 1 saturated heterocycles. The number of hydrogen-bond donors (Lipinski definition) is 2. The predicted molar refractivity (Wildman–Crippen MR) is 74.1 cm³/mol. The summed E-state index contributed by atoms with van der Waals surface area (Å²) < 4.78 is 5.08. The minimum Gasteiger partial charge on any atom is -0.445 e. The number of piperazine rings is 1. The van der Waals surface area contributed by atoms with Gasteiger partial charge in [0, 0.05) is 26.2 Å². The third kappa shape index (κ3) is 4.55. The molecule has 0 atom stereocenters. The fraction of sp³-hybridized carbons (Fsp3) is 0.429. The fourth-order valence-corrected chi connectivity index (χ4v) is 1.95. The molecular weight excluding hydrogens is 258 g/mol. The Morgan fingerprint density at radius 3 is 2.90 bits per heavy atom. The lowest BCUT2D eigenvalue weighted by molar-refractivity contribution is -0.131. The molecule has 6 heteroatoms. The van der Waals surface area contributed by atoms with Gasteiger partial charge in [0.25, 0.3) is 0 Å². The van der Waals surface area contributed by atoms with Crippen LogP contribution in [0.1, 0.15) is 5.56 Å². The smallest absolute Gasteiger partial charge is 0.407 e. The van der Waals surface area contributed by atoms with Gasteiger partial charge in [0.2, 0.25) is 5.91 Å². The van der Waals surface area contributed by atoms with Crippen molar-refractivity contribution in [2.45, 2.75) is 6.61 Å². The zero-order valence-electron chi connectivity index (χ0n) is 11.3. The molecule has 1 fully saturated rings. The number of amides is 2. The molecule has 0 bridgehead atoms. The highest BCUT2D eigenvalue weighted by Crippen LogP contribution is 2.00. The lowest BCUT2D eigenvalue weighted by Crippen LogP contribution is -2.50. The van der Waals surface area contributed by atoms with Gasteiger partial charge in [-0.25, -0.2) is 4.79 Å². The largest absolute Gasteiger partial charge is 0.445 e. The van der Waals surface area contributed by atoms with E-state index in [2.05, 4.69) is 10.6 Å². The lowest BCUT2D eigenvalue weighted by Gasteiger charge is -2.27. The fourth-order valence-electron chi connectivity index (χ4n) is 1.95. The maximum Gasteiger partial charge on any atom is 0.407 e. The molecule has 6 nitrogen and oxygen atoms in total. The van der Waals surface area contributed by atoms with Crippen LogP contribution in [0, 0.1) is 0 Å². The van der Waals surface area contributed by atoms with E-state index in [1.54, 1.807) is 4.90 Å². The van der Waals surface area contributed by atoms with Crippen molar-refractivity contribution < 1.29 is 14.3 Å². The molecule has 2 rings (SSSR count). The van der Waals surface area contributed by atoms with Crippen LogP contribution in [0.2, 0.25) is 0 Å². The van der Waals surface area contributed by atoms with Gasteiger partial charge in [0.1, 0.15) is 6.61 Å². The predicted octanol–water partition coefficient (Wildman–Crippen LogP) is 0.345. The molecule has 1 aromatic rings. The van der Waals surface area contributed by atoms with Crippen LogP contribution in [0.25, 0.3) is 0 Å². The van der Waals surface area contributed by atoms with E-state index in [0.717, 1.165) is 12.1 Å². The first-order valence-corrected chi connectivity index (χ1v) is 6.69. The normalized spacial score (nSPS) is 15.0. The quantitative estimate of drug-likeness (QED) is 0.814. The number of ether oxygens (including phenoxy) is 1. The highest BCUT2D eigenvalue weighted by Gasteiger charge is 2.16. The molecule has 0 aliphatic carbocycles. The average molecular weight is 277 g/mol. The van der Waals surface area contributed by atoms with E-state index >= 15 is 0 Å². The molecule has 1 aliphatic rings. The third-order valence-corrected chi connectivity index (χ3v) is 3.05. The van der Waals surface area contributed by atoms with E-state index in [4.69, 9.17) is 4.74 Å². The van der Waals surface area contributed by atoms with Crippen LogP contribution >= 0.6 is 0 Å². The number of benzene rings is 1. The van der Waals surface area contributed by atoms with Crippen molar-refractivity contribution in [2.75, 3.05) is 32.7 Å². The molecular formula is C14H19N3O3. The van der Waals surface area contributed by atoms with Crippen molar-refractivity contribution in [3.05, 3.63) is 35.9 Å². The van der Waals surface area contributed by atoms with E-state index in [9.17, 15) is 9.59 Å². The van der Waals surface area contributed by atoms with Gasteiger partial charge in [-0.3, -0.25) is 4.79 Å². The Balaban J connectivity index is 1.61. The molecule has 2 N–H and O–H groups in total. The van der Waals surface area contributed by atoms with Gasteiger partial charge in [-0.05, 0) is 5.56 Å². The molecule has 0 spiro atoms. The number of alkyl carbamates (subject to hydrolysis) is 1. The topological polar surface area (TPSA) is 70.7 Å². The van der Waals surface area contributed by atoms with Gasteiger partial charge in [-0.1, -0.05) is 30.3 Å². The molecule has 0 aromatic heterocycles. The summed E-state index contributed by atoms with van der Waals surface area (Å²) in [4.78, 5) is 24.7. The summed E-state index contributed by atoms with van der Waals surface area (Å²) in [6.07, 6.45) is -0.462. The van der Waals surface area contributed by atoms with E-state index < -0.39 is 6.09 Å². The van der Waals surface area contributed by atoms with Crippen molar-refractivity contribution in [2.24, 2.45) is 0 Å². The second kappa shape index (κ2) is 7.49. The van der Waals surface area contributed by atoms with Crippen molar-refractivity contribution in [1.82, 2.24) is 15.5 Å². The highest BCUT2D eigenvalue weighted by molar-refractivity contribution is 5.79. The molecule has 2 amide bonds. The first-order valence-electron chi connectivity index (χ1n) is 6.69. The molecule has 20 heavy (non-hydrogen) atoms. The zero-order chi connectivity index (χ0) is 14.2. The maximum atomic E-state index is 11.5. The van der Waals surface area contributed by atoms with Gasteiger partial charge in [0.05, 0.1) is 6.54 Å². The van der Waals surface area contributed by atoms with E-state index in [1.165, 1.54) is 0 Å². The highest BCUT2D eigenvalue weighted by atomic mass is 16.5. The van der Waals surface area contributed by atoms with Crippen molar-refractivity contribution >= 4 is 12.0 Å². The molecule has 1 aromatic carbocycles. The Morgan fingerprint density at radius 1 is 1.35 bits per heavy atom. The molecule has 1 heterocycles. The van der Waals surface area contributed by atoms with E-state index in [1.807, 2.05) is 30.3 Å². The Morgan fingerprint density at radius 2 is 2.15 bits per heavy atom. The van der Waals surface area contributed by atoms with Gasteiger partial charge in [-0.15, -0.1) is 0 Å². The first kappa shape index (κ1) is 14.3. The van der Waals surface area contributed by atoms with E-state index in [0.29, 0.717) is 26.2 Å². The van der Waals surface area contributed by atoms with Gasteiger partial charge in [0.15, 0.2) is 0 Å². The zero-order valence-corrected chi connectivity index (χ0v) is 11.3. The lowest BCUT2D eigenvalue weighted by atomic mass is 10.2. The Kier molecular flexibility index (Phi) is 5.37. The Labute approximate surface area is 118 Å². The molecule has 108 valence electrons. The SMILES string of the molecule is O=C(NCCN1CCNCC1=O)OCc1ccccc1. The van der Waals surface area contributed by atoms with Crippen LogP contribution in [-0.4, -0.2) is 49.6 Å². The van der Waals surface area contributed by atoms with Gasteiger partial charge >= 0.3 is 6.09 Å². The Bertz CT molecular complexity index is 450. The molecule has 0 unspecified atom stereocenters. The van der Waals surface area contributed by atoms with Gasteiger partial charge in [-0.2, -0.15) is 0 Å². The van der Waals surface area contributed by atoms with E-state index in [-0.39, 0.29) is 12.5 Å². The van der Waals surface area contributed by atoms with Gasteiger partial charge < -0.3 is 20.3 Å². The summed E-state index contributed by atoms with van der Waals surface area (Å²) >= 11 is 0. The third-order valence-electron chi connectivity index (χ3n) is 3.05. The molecule has 0 saturated carbocycles. The number of hydrogen-bond acceptors (Lipinski definition) is 4.